The lowest BCUT2D eigenvalue weighted by molar-refractivity contribution is -0.114. The van der Waals surface area contributed by atoms with E-state index in [1.807, 2.05) is 4.72 Å². The average molecular weight is 335 g/mol. The monoisotopic (exact) mass is 335 g/mol. The van der Waals surface area contributed by atoms with Crippen LogP contribution in [0.4, 0.5) is 0 Å². The highest BCUT2D eigenvalue weighted by Crippen LogP contribution is 2.12. The summed E-state index contributed by atoms with van der Waals surface area (Å²) >= 11 is 0. The Morgan fingerprint density at radius 3 is 2.65 bits per heavy atom. The predicted molar refractivity (Wildman–Crippen MR) is 80.9 cm³/mol. The number of sulfonamides is 1. The van der Waals surface area contributed by atoms with Gasteiger partial charge in [0.15, 0.2) is 0 Å². The molecule has 2 rings (SSSR count). The molecular weight excluding hydrogens is 322 g/mol. The van der Waals surface area contributed by atoms with Crippen LogP contribution in [0.5, 0.6) is 0 Å². The van der Waals surface area contributed by atoms with E-state index in [9.17, 15) is 18.0 Å². The van der Waals surface area contributed by atoms with Gasteiger partial charge in [-0.3, -0.25) is 4.79 Å². The lowest BCUT2D eigenvalue weighted by Gasteiger charge is -2.06. The zero-order valence-electron chi connectivity index (χ0n) is 12.1. The molecule has 1 amide bonds. The van der Waals surface area contributed by atoms with Gasteiger partial charge in [-0.15, -0.1) is 0 Å². The molecule has 0 aliphatic carbocycles. The topological polar surface area (TPSA) is 103 Å². The van der Waals surface area contributed by atoms with Gasteiger partial charge in [-0.05, 0) is 36.4 Å². The summed E-state index contributed by atoms with van der Waals surface area (Å²) < 4.78 is 35.6. The van der Waals surface area contributed by atoms with E-state index in [0.29, 0.717) is 5.76 Å². The second kappa shape index (κ2) is 6.93. The number of furan rings is 1. The molecule has 1 aromatic heterocycles. The summed E-state index contributed by atoms with van der Waals surface area (Å²) in [5.41, 5.74) is 0.0638. The van der Waals surface area contributed by atoms with Crippen molar-refractivity contribution in [3.05, 3.63) is 60.1 Å². The molecule has 1 aromatic carbocycles. The molecule has 0 saturated carbocycles. The second-order valence-electron chi connectivity index (χ2n) is 4.34. The molecule has 8 heteroatoms. The molecule has 0 unspecified atom stereocenters. The van der Waals surface area contributed by atoms with Crippen LogP contribution in [0.2, 0.25) is 0 Å². The smallest absolute Gasteiger partial charge is 0.337 e. The zero-order valence-corrected chi connectivity index (χ0v) is 12.9. The summed E-state index contributed by atoms with van der Waals surface area (Å²) in [6.45, 7) is 0. The van der Waals surface area contributed by atoms with Crippen molar-refractivity contribution in [2.75, 3.05) is 7.11 Å². The van der Waals surface area contributed by atoms with Crippen molar-refractivity contribution in [2.45, 2.75) is 4.90 Å². The van der Waals surface area contributed by atoms with Gasteiger partial charge in [-0.1, -0.05) is 6.07 Å². The summed E-state index contributed by atoms with van der Waals surface area (Å²) in [6.07, 6.45) is 3.78. The third kappa shape index (κ3) is 4.30. The first-order valence-electron chi connectivity index (χ1n) is 6.39. The number of hydrogen-bond acceptors (Lipinski definition) is 6. The number of rotatable bonds is 5. The van der Waals surface area contributed by atoms with Crippen LogP contribution >= 0.6 is 0 Å². The molecule has 0 radical (unpaired) electrons. The van der Waals surface area contributed by atoms with Crippen molar-refractivity contribution in [3.8, 4) is 0 Å². The van der Waals surface area contributed by atoms with Crippen LogP contribution in [0.15, 0.2) is 58.1 Å². The molecule has 0 aliphatic heterocycles. The summed E-state index contributed by atoms with van der Waals surface area (Å²) in [6, 6.07) is 8.41. The average Bonchev–Trinajstić information content (AvgIpc) is 3.05. The first kappa shape index (κ1) is 16.5. The number of amides is 1. The highest BCUT2D eigenvalue weighted by atomic mass is 32.2. The number of esters is 1. The highest BCUT2D eigenvalue weighted by molar-refractivity contribution is 7.90. The van der Waals surface area contributed by atoms with Crippen molar-refractivity contribution in [1.82, 2.24) is 4.72 Å². The standard InChI is InChI=1S/C15H13NO6S/c1-21-15(18)11-4-2-6-13(10-11)23(19,20)16-14(17)8-7-12-5-3-9-22-12/h2-10H,1H3,(H,16,17). The summed E-state index contributed by atoms with van der Waals surface area (Å²) in [7, 11) is -2.92. The molecule has 0 bridgehead atoms. The van der Waals surface area contributed by atoms with E-state index in [2.05, 4.69) is 4.74 Å². The van der Waals surface area contributed by atoms with E-state index in [-0.39, 0.29) is 10.5 Å². The van der Waals surface area contributed by atoms with E-state index >= 15 is 0 Å². The van der Waals surface area contributed by atoms with E-state index in [1.54, 1.807) is 12.1 Å². The maximum atomic E-state index is 12.1. The highest BCUT2D eigenvalue weighted by Gasteiger charge is 2.18. The largest absolute Gasteiger partial charge is 0.465 e. The number of nitrogens with one attached hydrogen (secondary N) is 1. The van der Waals surface area contributed by atoms with Gasteiger partial charge in [-0.25, -0.2) is 17.9 Å². The van der Waals surface area contributed by atoms with Gasteiger partial charge >= 0.3 is 5.97 Å². The number of methoxy groups -OCH3 is 1. The van der Waals surface area contributed by atoms with Crippen molar-refractivity contribution >= 4 is 28.0 Å². The van der Waals surface area contributed by atoms with Crippen LogP contribution in [0.3, 0.4) is 0 Å². The fraction of sp³-hybridized carbons (Fsp3) is 0.0667. The van der Waals surface area contributed by atoms with Gasteiger partial charge in [0, 0.05) is 6.08 Å². The van der Waals surface area contributed by atoms with Gasteiger partial charge in [0.2, 0.25) is 0 Å². The Labute approximate surface area is 132 Å². The van der Waals surface area contributed by atoms with Crippen molar-refractivity contribution in [3.63, 3.8) is 0 Å². The van der Waals surface area contributed by atoms with Gasteiger partial charge in [0.05, 0.1) is 23.8 Å². The summed E-state index contributed by atoms with van der Waals surface area (Å²) in [5.74, 6) is -1.11. The van der Waals surface area contributed by atoms with Crippen LogP contribution in [-0.4, -0.2) is 27.4 Å². The van der Waals surface area contributed by atoms with E-state index in [0.717, 1.165) is 12.1 Å². The molecule has 0 aliphatic rings. The Balaban J connectivity index is 2.15. The van der Waals surface area contributed by atoms with Crippen LogP contribution in [0.25, 0.3) is 6.08 Å². The number of benzene rings is 1. The van der Waals surface area contributed by atoms with Crippen molar-refractivity contribution in [2.24, 2.45) is 0 Å². The summed E-state index contributed by atoms with van der Waals surface area (Å²) in [4.78, 5) is 22.9. The minimum atomic E-state index is -4.10. The molecule has 1 heterocycles. The maximum absolute atomic E-state index is 12.1. The van der Waals surface area contributed by atoms with Crippen LogP contribution in [0.1, 0.15) is 16.1 Å². The van der Waals surface area contributed by atoms with E-state index < -0.39 is 21.9 Å². The van der Waals surface area contributed by atoms with Crippen LogP contribution < -0.4 is 4.72 Å². The normalized spacial score (nSPS) is 11.3. The Morgan fingerprint density at radius 1 is 1.22 bits per heavy atom. The lowest BCUT2D eigenvalue weighted by atomic mass is 10.2. The maximum Gasteiger partial charge on any atom is 0.337 e. The van der Waals surface area contributed by atoms with E-state index in [1.165, 1.54) is 37.6 Å². The van der Waals surface area contributed by atoms with Gasteiger partial charge in [0.25, 0.3) is 15.9 Å². The number of carbonyl (C=O) groups excluding carboxylic acids is 2. The Hall–Kier alpha value is -2.87. The fourth-order valence-corrected chi connectivity index (χ4v) is 2.67. The number of hydrogen-bond donors (Lipinski definition) is 1. The predicted octanol–water partition coefficient (Wildman–Crippen LogP) is 1.58. The Morgan fingerprint density at radius 2 is 2.00 bits per heavy atom. The molecule has 7 nitrogen and oxygen atoms in total. The first-order valence-corrected chi connectivity index (χ1v) is 7.87. The minimum absolute atomic E-state index is 0.0638. The molecular formula is C15H13NO6S. The molecule has 120 valence electrons. The molecule has 0 spiro atoms. The lowest BCUT2D eigenvalue weighted by Crippen LogP contribution is -2.29. The van der Waals surface area contributed by atoms with Gasteiger partial charge in [0.1, 0.15) is 5.76 Å². The fourth-order valence-electron chi connectivity index (χ4n) is 1.68. The van der Waals surface area contributed by atoms with Gasteiger partial charge in [-0.2, -0.15) is 0 Å². The number of carbonyl (C=O) groups is 2. The first-order chi connectivity index (χ1) is 10.9. The third-order valence-corrected chi connectivity index (χ3v) is 4.09. The summed E-state index contributed by atoms with van der Waals surface area (Å²) in [5, 5.41) is 0. The van der Waals surface area contributed by atoms with E-state index in [4.69, 9.17) is 4.42 Å². The third-order valence-electron chi connectivity index (χ3n) is 2.74. The van der Waals surface area contributed by atoms with Crippen LogP contribution in [-0.2, 0) is 19.6 Å². The SMILES string of the molecule is COC(=O)c1cccc(S(=O)(=O)NC(=O)C=Cc2ccco2)c1. The minimum Gasteiger partial charge on any atom is -0.465 e. The Kier molecular flexibility index (Phi) is 4.97. The molecule has 0 atom stereocenters. The molecule has 0 saturated heterocycles. The van der Waals surface area contributed by atoms with Crippen molar-refractivity contribution in [1.29, 1.82) is 0 Å². The van der Waals surface area contributed by atoms with Gasteiger partial charge < -0.3 is 9.15 Å². The van der Waals surface area contributed by atoms with Crippen LogP contribution in [0, 0.1) is 0 Å². The Bertz CT molecular complexity index is 837. The number of ether oxygens (including phenoxy) is 1. The molecule has 2 aromatic rings. The molecule has 23 heavy (non-hydrogen) atoms. The zero-order chi connectivity index (χ0) is 16.9. The quantitative estimate of drug-likeness (QED) is 0.657. The second-order valence-corrected chi connectivity index (χ2v) is 6.02. The van der Waals surface area contributed by atoms with Crippen molar-refractivity contribution < 1.29 is 27.2 Å². The molecule has 1 N–H and O–H groups in total. The molecule has 0 fully saturated rings.